The quantitative estimate of drug-likeness (QED) is 0.638. The summed E-state index contributed by atoms with van der Waals surface area (Å²) < 4.78 is 0. The van der Waals surface area contributed by atoms with E-state index in [1.54, 1.807) is 12.4 Å². The van der Waals surface area contributed by atoms with Crippen molar-refractivity contribution in [2.45, 2.75) is 24.8 Å². The maximum Gasteiger partial charge on any atom is 0.131 e. The normalized spacial score (nSPS) is 29.5. The number of nitrogens with two attached hydrogens (primary N) is 1. The van der Waals surface area contributed by atoms with Crippen molar-refractivity contribution in [1.29, 1.82) is 0 Å². The molecule has 0 spiro atoms. The maximum absolute atomic E-state index is 5.65. The Balaban J connectivity index is 2.08. The third-order valence-electron chi connectivity index (χ3n) is 2.13. The smallest absolute Gasteiger partial charge is 0.131 e. The monoisotopic (exact) mass is 149 g/mol. The molecule has 1 aliphatic rings. The summed E-state index contributed by atoms with van der Waals surface area (Å²) in [6.07, 6.45) is 5.66. The highest BCUT2D eigenvalue weighted by molar-refractivity contribution is 5.04. The van der Waals surface area contributed by atoms with Crippen molar-refractivity contribution < 1.29 is 0 Å². The summed E-state index contributed by atoms with van der Waals surface area (Å²) in [6, 6.07) is 2.21. The second kappa shape index (κ2) is 2.58. The largest absolute Gasteiger partial charge is 0.328 e. The zero-order chi connectivity index (χ0) is 7.68. The average molecular weight is 149 g/mol. The standard InChI is InChI=1S/C8H11N3/c9-7-4-6(5-7)8-10-2-1-3-11-8/h1-3,6-7H,4-5,9H2. The summed E-state index contributed by atoms with van der Waals surface area (Å²) in [7, 11) is 0. The van der Waals surface area contributed by atoms with E-state index in [-0.39, 0.29) is 0 Å². The van der Waals surface area contributed by atoms with E-state index in [0.717, 1.165) is 18.7 Å². The molecule has 0 bridgehead atoms. The van der Waals surface area contributed by atoms with Gasteiger partial charge in [-0.05, 0) is 18.9 Å². The lowest BCUT2D eigenvalue weighted by Crippen LogP contribution is -2.35. The van der Waals surface area contributed by atoms with Crippen molar-refractivity contribution in [3.63, 3.8) is 0 Å². The van der Waals surface area contributed by atoms with Crippen LogP contribution in [-0.4, -0.2) is 16.0 Å². The Bertz CT molecular complexity index is 228. The van der Waals surface area contributed by atoms with Gasteiger partial charge in [0.05, 0.1) is 0 Å². The van der Waals surface area contributed by atoms with E-state index in [1.807, 2.05) is 6.07 Å². The summed E-state index contributed by atoms with van der Waals surface area (Å²) in [5, 5.41) is 0. The minimum atomic E-state index is 0.379. The van der Waals surface area contributed by atoms with Gasteiger partial charge in [-0.2, -0.15) is 0 Å². The van der Waals surface area contributed by atoms with Gasteiger partial charge < -0.3 is 5.73 Å². The van der Waals surface area contributed by atoms with Crippen LogP contribution in [0.1, 0.15) is 24.6 Å². The Labute approximate surface area is 65.7 Å². The van der Waals surface area contributed by atoms with E-state index in [4.69, 9.17) is 5.73 Å². The third-order valence-corrected chi connectivity index (χ3v) is 2.13. The zero-order valence-corrected chi connectivity index (χ0v) is 6.27. The number of hydrogen-bond donors (Lipinski definition) is 1. The van der Waals surface area contributed by atoms with Crippen molar-refractivity contribution >= 4 is 0 Å². The molecular formula is C8H11N3. The van der Waals surface area contributed by atoms with Crippen molar-refractivity contribution in [3.05, 3.63) is 24.3 Å². The van der Waals surface area contributed by atoms with Crippen molar-refractivity contribution in [2.75, 3.05) is 0 Å². The van der Waals surface area contributed by atoms with Gasteiger partial charge in [0.25, 0.3) is 0 Å². The fourth-order valence-corrected chi connectivity index (χ4v) is 1.39. The average Bonchev–Trinajstić information content (AvgIpc) is 2.01. The lowest BCUT2D eigenvalue weighted by molar-refractivity contribution is 0.338. The Kier molecular flexibility index (Phi) is 1.58. The minimum absolute atomic E-state index is 0.379. The summed E-state index contributed by atoms with van der Waals surface area (Å²) in [5.74, 6) is 1.47. The predicted molar refractivity (Wildman–Crippen MR) is 42.0 cm³/mol. The van der Waals surface area contributed by atoms with Crippen LogP contribution in [-0.2, 0) is 0 Å². The first-order valence-electron chi connectivity index (χ1n) is 3.89. The highest BCUT2D eigenvalue weighted by Crippen LogP contribution is 2.32. The molecule has 1 aromatic heterocycles. The van der Waals surface area contributed by atoms with Gasteiger partial charge in [0, 0.05) is 24.4 Å². The van der Waals surface area contributed by atoms with Crippen LogP contribution in [0.15, 0.2) is 18.5 Å². The van der Waals surface area contributed by atoms with Crippen LogP contribution in [0.5, 0.6) is 0 Å². The van der Waals surface area contributed by atoms with Gasteiger partial charge >= 0.3 is 0 Å². The maximum atomic E-state index is 5.65. The van der Waals surface area contributed by atoms with Crippen molar-refractivity contribution in [3.8, 4) is 0 Å². The SMILES string of the molecule is NC1CC(c2ncccn2)C1. The minimum Gasteiger partial charge on any atom is -0.328 e. The summed E-state index contributed by atoms with van der Waals surface area (Å²) in [6.45, 7) is 0. The van der Waals surface area contributed by atoms with E-state index in [0.29, 0.717) is 12.0 Å². The van der Waals surface area contributed by atoms with E-state index >= 15 is 0 Å². The molecule has 2 N–H and O–H groups in total. The molecule has 0 radical (unpaired) electrons. The third kappa shape index (κ3) is 1.24. The molecule has 0 atom stereocenters. The second-order valence-electron chi connectivity index (χ2n) is 3.04. The Morgan fingerprint density at radius 1 is 1.27 bits per heavy atom. The van der Waals surface area contributed by atoms with Gasteiger partial charge in [-0.3, -0.25) is 0 Å². The molecule has 3 heteroatoms. The molecule has 0 amide bonds. The van der Waals surface area contributed by atoms with Crippen LogP contribution in [0.3, 0.4) is 0 Å². The van der Waals surface area contributed by atoms with Crippen LogP contribution < -0.4 is 5.73 Å². The first kappa shape index (κ1) is 6.73. The topological polar surface area (TPSA) is 51.8 Å². The van der Waals surface area contributed by atoms with Crippen molar-refractivity contribution in [2.24, 2.45) is 5.73 Å². The van der Waals surface area contributed by atoms with Gasteiger partial charge in [0.15, 0.2) is 0 Å². The van der Waals surface area contributed by atoms with Crippen LogP contribution in [0.4, 0.5) is 0 Å². The van der Waals surface area contributed by atoms with Gasteiger partial charge in [-0.25, -0.2) is 9.97 Å². The molecule has 11 heavy (non-hydrogen) atoms. The number of rotatable bonds is 1. The number of aromatic nitrogens is 2. The van der Waals surface area contributed by atoms with E-state index in [1.165, 1.54) is 0 Å². The molecule has 1 heterocycles. The fourth-order valence-electron chi connectivity index (χ4n) is 1.39. The highest BCUT2D eigenvalue weighted by Gasteiger charge is 2.28. The molecular weight excluding hydrogens is 138 g/mol. The first-order valence-corrected chi connectivity index (χ1v) is 3.89. The van der Waals surface area contributed by atoms with Crippen molar-refractivity contribution in [1.82, 2.24) is 9.97 Å². The van der Waals surface area contributed by atoms with Gasteiger partial charge in [-0.15, -0.1) is 0 Å². The fraction of sp³-hybridized carbons (Fsp3) is 0.500. The Morgan fingerprint density at radius 2 is 1.91 bits per heavy atom. The van der Waals surface area contributed by atoms with E-state index in [2.05, 4.69) is 9.97 Å². The molecule has 2 rings (SSSR count). The lowest BCUT2D eigenvalue weighted by Gasteiger charge is -2.30. The van der Waals surface area contributed by atoms with Gasteiger partial charge in [0.1, 0.15) is 5.82 Å². The predicted octanol–water partition coefficient (Wildman–Crippen LogP) is 0.681. The van der Waals surface area contributed by atoms with Crippen LogP contribution in [0.25, 0.3) is 0 Å². The Hall–Kier alpha value is -0.960. The molecule has 1 fully saturated rings. The Morgan fingerprint density at radius 3 is 2.45 bits per heavy atom. The molecule has 3 nitrogen and oxygen atoms in total. The summed E-state index contributed by atoms with van der Waals surface area (Å²) in [5.41, 5.74) is 5.65. The highest BCUT2D eigenvalue weighted by atomic mass is 14.9. The molecule has 58 valence electrons. The molecule has 1 saturated carbocycles. The van der Waals surface area contributed by atoms with Crippen LogP contribution in [0, 0.1) is 0 Å². The molecule has 1 aliphatic carbocycles. The zero-order valence-electron chi connectivity index (χ0n) is 6.27. The van der Waals surface area contributed by atoms with Crippen LogP contribution >= 0.6 is 0 Å². The number of hydrogen-bond acceptors (Lipinski definition) is 3. The molecule has 1 aromatic rings. The first-order chi connectivity index (χ1) is 5.36. The molecule has 0 saturated heterocycles. The summed E-state index contributed by atoms with van der Waals surface area (Å²) in [4.78, 5) is 8.34. The van der Waals surface area contributed by atoms with Gasteiger partial charge in [-0.1, -0.05) is 0 Å². The second-order valence-corrected chi connectivity index (χ2v) is 3.04. The lowest BCUT2D eigenvalue weighted by atomic mass is 9.80. The molecule has 0 aliphatic heterocycles. The van der Waals surface area contributed by atoms with E-state index < -0.39 is 0 Å². The number of nitrogens with zero attached hydrogens (tertiary/aromatic N) is 2. The summed E-state index contributed by atoms with van der Waals surface area (Å²) >= 11 is 0. The van der Waals surface area contributed by atoms with E-state index in [9.17, 15) is 0 Å². The van der Waals surface area contributed by atoms with Gasteiger partial charge in [0.2, 0.25) is 0 Å². The van der Waals surface area contributed by atoms with Crippen LogP contribution in [0.2, 0.25) is 0 Å². The molecule has 0 aromatic carbocycles. The molecule has 0 unspecified atom stereocenters.